The maximum absolute atomic E-state index is 10.2. The quantitative estimate of drug-likeness (QED) is 0.397. The monoisotopic (exact) mass is 126 g/mol. The van der Waals surface area contributed by atoms with E-state index in [0.29, 0.717) is 6.29 Å². The fraction of sp³-hybridized carbons (Fsp3) is 0.400. The van der Waals surface area contributed by atoms with Crippen LogP contribution in [-0.4, -0.2) is 12.2 Å². The van der Waals surface area contributed by atoms with Crippen molar-refractivity contribution >= 4 is 12.2 Å². The van der Waals surface area contributed by atoms with Crippen LogP contribution >= 0.6 is 0 Å². The third-order valence-corrected chi connectivity index (χ3v) is 0.841. The molecule has 0 aromatic carbocycles. The van der Waals surface area contributed by atoms with E-state index in [9.17, 15) is 9.59 Å². The molecule has 0 bridgehead atoms. The summed E-state index contributed by atoms with van der Waals surface area (Å²) >= 11 is 0. The highest BCUT2D eigenvalue weighted by Crippen LogP contribution is 1.94. The van der Waals surface area contributed by atoms with E-state index in [-0.39, 0.29) is 6.42 Å². The lowest BCUT2D eigenvalue weighted by molar-refractivity contribution is -0.126. The van der Waals surface area contributed by atoms with E-state index in [0.717, 1.165) is 0 Å². The number of aldehydes is 1. The van der Waals surface area contributed by atoms with Gasteiger partial charge >= 0.3 is 0 Å². The zero-order valence-electron chi connectivity index (χ0n) is 4.70. The first kappa shape index (κ1) is 7.63. The van der Waals surface area contributed by atoms with Crippen LogP contribution in [0.1, 0.15) is 6.42 Å². The summed E-state index contributed by atoms with van der Waals surface area (Å²) in [7, 11) is 0. The molecule has 0 saturated heterocycles. The lowest BCUT2D eigenvalue weighted by atomic mass is 10.1. The van der Waals surface area contributed by atoms with Crippen molar-refractivity contribution in [2.45, 2.75) is 6.42 Å². The minimum Gasteiger partial charge on any atom is -0.369 e. The van der Waals surface area contributed by atoms with Crippen LogP contribution in [0, 0.1) is 17.2 Å². The summed E-state index contributed by atoms with van der Waals surface area (Å²) in [6, 6.07) is 1.67. The molecule has 1 unspecified atom stereocenters. The lowest BCUT2D eigenvalue weighted by Gasteiger charge is -1.95. The van der Waals surface area contributed by atoms with Gasteiger partial charge in [0.25, 0.3) is 0 Å². The van der Waals surface area contributed by atoms with E-state index in [1.54, 1.807) is 6.07 Å². The number of primary amides is 1. The minimum atomic E-state index is -0.935. The van der Waals surface area contributed by atoms with E-state index < -0.39 is 11.8 Å². The van der Waals surface area contributed by atoms with Crippen molar-refractivity contribution in [1.82, 2.24) is 0 Å². The van der Waals surface area contributed by atoms with Gasteiger partial charge in [-0.2, -0.15) is 5.26 Å². The summed E-state index contributed by atoms with van der Waals surface area (Å²) in [6.45, 7) is 0. The Morgan fingerprint density at radius 2 is 2.44 bits per heavy atom. The molecule has 0 spiro atoms. The van der Waals surface area contributed by atoms with Gasteiger partial charge in [-0.25, -0.2) is 0 Å². The summed E-state index contributed by atoms with van der Waals surface area (Å²) in [5.41, 5.74) is 4.71. The molecule has 0 heterocycles. The number of nitrogens with zero attached hydrogens (tertiary/aromatic N) is 1. The summed E-state index contributed by atoms with van der Waals surface area (Å²) in [6.07, 6.45) is 0.254. The van der Waals surface area contributed by atoms with Gasteiger partial charge in [0, 0.05) is 0 Å². The van der Waals surface area contributed by atoms with Crippen LogP contribution in [0.4, 0.5) is 0 Å². The zero-order chi connectivity index (χ0) is 7.28. The maximum Gasteiger partial charge on any atom is 0.228 e. The molecule has 9 heavy (non-hydrogen) atoms. The molecule has 2 N–H and O–H groups in total. The first-order valence-electron chi connectivity index (χ1n) is 2.34. The Morgan fingerprint density at radius 1 is 1.89 bits per heavy atom. The first-order valence-corrected chi connectivity index (χ1v) is 2.34. The molecule has 0 rings (SSSR count). The van der Waals surface area contributed by atoms with Crippen LogP contribution in [0.3, 0.4) is 0 Å². The van der Waals surface area contributed by atoms with Crippen LogP contribution in [0.15, 0.2) is 0 Å². The van der Waals surface area contributed by atoms with Crippen LogP contribution in [0.5, 0.6) is 0 Å². The highest BCUT2D eigenvalue weighted by Gasteiger charge is 2.11. The van der Waals surface area contributed by atoms with Crippen molar-refractivity contribution < 1.29 is 9.59 Å². The second-order valence-corrected chi connectivity index (χ2v) is 1.51. The molecule has 0 aliphatic heterocycles. The predicted molar refractivity (Wildman–Crippen MR) is 29.0 cm³/mol. The highest BCUT2D eigenvalue weighted by atomic mass is 16.2. The van der Waals surface area contributed by atoms with Gasteiger partial charge in [0.15, 0.2) is 0 Å². The second kappa shape index (κ2) is 3.61. The molecule has 0 radical (unpaired) electrons. The van der Waals surface area contributed by atoms with Crippen molar-refractivity contribution in [3.05, 3.63) is 0 Å². The third-order valence-electron chi connectivity index (χ3n) is 0.841. The van der Waals surface area contributed by atoms with Gasteiger partial charge < -0.3 is 10.5 Å². The summed E-state index contributed by atoms with van der Waals surface area (Å²) in [5, 5.41) is 8.00. The molecule has 4 heteroatoms. The van der Waals surface area contributed by atoms with Crippen molar-refractivity contribution in [2.75, 3.05) is 0 Å². The molecule has 0 aromatic rings. The van der Waals surface area contributed by atoms with Crippen LogP contribution in [0.25, 0.3) is 0 Å². The number of nitriles is 1. The van der Waals surface area contributed by atoms with Crippen LogP contribution in [-0.2, 0) is 9.59 Å². The summed E-state index contributed by atoms with van der Waals surface area (Å²) < 4.78 is 0. The van der Waals surface area contributed by atoms with E-state index in [2.05, 4.69) is 0 Å². The summed E-state index contributed by atoms with van der Waals surface area (Å²) in [4.78, 5) is 20.0. The molecule has 0 aliphatic carbocycles. The summed E-state index contributed by atoms with van der Waals surface area (Å²) in [5.74, 6) is -1.68. The number of hydrogen-bond donors (Lipinski definition) is 1. The number of carbonyl (C=O) groups is 2. The Morgan fingerprint density at radius 3 is 2.56 bits per heavy atom. The maximum atomic E-state index is 10.2. The van der Waals surface area contributed by atoms with Gasteiger partial charge in [-0.1, -0.05) is 0 Å². The Balaban J connectivity index is 3.86. The molecule has 0 aliphatic rings. The van der Waals surface area contributed by atoms with E-state index in [1.165, 1.54) is 0 Å². The molecular weight excluding hydrogens is 120 g/mol. The number of rotatable bonds is 3. The molecule has 4 nitrogen and oxygen atoms in total. The van der Waals surface area contributed by atoms with Crippen LogP contribution < -0.4 is 5.73 Å². The SMILES string of the molecule is N#CCC(C=O)C(N)=O. The van der Waals surface area contributed by atoms with Crippen molar-refractivity contribution in [3.63, 3.8) is 0 Å². The Labute approximate surface area is 52.3 Å². The normalized spacial score (nSPS) is 11.4. The van der Waals surface area contributed by atoms with Crippen molar-refractivity contribution in [1.29, 1.82) is 5.26 Å². The van der Waals surface area contributed by atoms with E-state index in [1.807, 2.05) is 0 Å². The van der Waals surface area contributed by atoms with Crippen molar-refractivity contribution in [2.24, 2.45) is 11.7 Å². The molecule has 1 amide bonds. The Kier molecular flexibility index (Phi) is 3.06. The van der Waals surface area contributed by atoms with E-state index >= 15 is 0 Å². The van der Waals surface area contributed by atoms with Gasteiger partial charge in [-0.15, -0.1) is 0 Å². The van der Waals surface area contributed by atoms with Gasteiger partial charge in [-0.05, 0) is 0 Å². The molecule has 0 saturated carbocycles. The number of nitrogens with two attached hydrogens (primary N) is 1. The molecule has 1 atom stereocenters. The van der Waals surface area contributed by atoms with Gasteiger partial charge in [-0.3, -0.25) is 4.79 Å². The average Bonchev–Trinajstić information content (AvgIpc) is 1.82. The van der Waals surface area contributed by atoms with Crippen molar-refractivity contribution in [3.8, 4) is 6.07 Å². The molecule has 0 fully saturated rings. The number of hydrogen-bond acceptors (Lipinski definition) is 3. The third kappa shape index (κ3) is 2.44. The standard InChI is InChI=1S/C5H6N2O2/c6-2-1-4(3-8)5(7)9/h3-4H,1H2,(H2,7,9). The number of carbonyl (C=O) groups excluding carboxylic acids is 2. The number of amides is 1. The fourth-order valence-corrected chi connectivity index (χ4v) is 0.314. The Hall–Kier alpha value is -1.37. The largest absolute Gasteiger partial charge is 0.369 e. The minimum absolute atomic E-state index is 0.126. The molecule has 0 aromatic heterocycles. The Bertz CT molecular complexity index is 159. The topological polar surface area (TPSA) is 83.9 Å². The van der Waals surface area contributed by atoms with Gasteiger partial charge in [0.05, 0.1) is 12.5 Å². The smallest absolute Gasteiger partial charge is 0.228 e. The van der Waals surface area contributed by atoms with Gasteiger partial charge in [0.1, 0.15) is 12.2 Å². The predicted octanol–water partition coefficient (Wildman–Crippen LogP) is -0.800. The molecule has 48 valence electrons. The van der Waals surface area contributed by atoms with Gasteiger partial charge in [0.2, 0.25) is 5.91 Å². The first-order chi connectivity index (χ1) is 4.22. The average molecular weight is 126 g/mol. The zero-order valence-corrected chi connectivity index (χ0v) is 4.70. The fourth-order valence-electron chi connectivity index (χ4n) is 0.314. The van der Waals surface area contributed by atoms with Crippen LogP contribution in [0.2, 0.25) is 0 Å². The van der Waals surface area contributed by atoms with E-state index in [4.69, 9.17) is 11.0 Å². The highest BCUT2D eigenvalue weighted by molar-refractivity contribution is 5.90. The second-order valence-electron chi connectivity index (χ2n) is 1.51. The lowest BCUT2D eigenvalue weighted by Crippen LogP contribution is -2.23. The molecular formula is C5H6N2O2.